The van der Waals surface area contributed by atoms with E-state index in [1.807, 2.05) is 36.4 Å². The minimum Gasteiger partial charge on any atom is -0.507 e. The van der Waals surface area contributed by atoms with E-state index in [-0.39, 0.29) is 12.4 Å². The van der Waals surface area contributed by atoms with Gasteiger partial charge in [0.15, 0.2) is 11.5 Å². The van der Waals surface area contributed by atoms with E-state index in [0.29, 0.717) is 22.8 Å². The highest BCUT2D eigenvalue weighted by Crippen LogP contribution is 2.35. The first kappa shape index (κ1) is 16.9. The van der Waals surface area contributed by atoms with Crippen LogP contribution in [0.2, 0.25) is 0 Å². The van der Waals surface area contributed by atoms with Gasteiger partial charge in [-0.15, -0.1) is 0 Å². The number of ether oxygens (including phenoxy) is 2. The Morgan fingerprint density at radius 2 is 1.74 bits per heavy atom. The van der Waals surface area contributed by atoms with E-state index in [2.05, 4.69) is 10.5 Å². The van der Waals surface area contributed by atoms with Gasteiger partial charge in [0.05, 0.1) is 5.71 Å². The van der Waals surface area contributed by atoms with E-state index in [1.54, 1.807) is 31.2 Å². The van der Waals surface area contributed by atoms with Crippen LogP contribution in [-0.4, -0.2) is 29.4 Å². The predicted octanol–water partition coefficient (Wildman–Crippen LogP) is 3.23. The maximum absolute atomic E-state index is 12.4. The summed E-state index contributed by atoms with van der Waals surface area (Å²) in [7, 11) is 0. The van der Waals surface area contributed by atoms with Crippen molar-refractivity contribution < 1.29 is 19.4 Å². The largest absolute Gasteiger partial charge is 0.507 e. The van der Waals surface area contributed by atoms with Crippen LogP contribution in [0.15, 0.2) is 65.8 Å². The van der Waals surface area contributed by atoms with E-state index in [9.17, 15) is 9.90 Å². The first-order valence-corrected chi connectivity index (χ1v) is 8.56. The molecule has 0 unspecified atom stereocenters. The maximum Gasteiger partial charge on any atom is 0.284 e. The van der Waals surface area contributed by atoms with Gasteiger partial charge >= 0.3 is 0 Å². The summed E-state index contributed by atoms with van der Waals surface area (Å²) < 4.78 is 11.5. The molecular formula is C21H18N2O4. The number of carbonyl (C=O) groups is 1. The van der Waals surface area contributed by atoms with Gasteiger partial charge in [0.25, 0.3) is 5.91 Å². The lowest BCUT2D eigenvalue weighted by Crippen LogP contribution is -2.42. The molecule has 0 bridgehead atoms. The Bertz CT molecular complexity index is 1050. The number of fused-ring (bicyclic) bond motifs is 2. The number of hydrogen-bond donors (Lipinski definition) is 2. The fraction of sp³-hybridized carbons (Fsp3) is 0.143. The van der Waals surface area contributed by atoms with Crippen molar-refractivity contribution in [2.75, 3.05) is 6.61 Å². The van der Waals surface area contributed by atoms with Gasteiger partial charge in [-0.25, -0.2) is 5.43 Å². The molecule has 0 saturated carbocycles. The third-order valence-electron chi connectivity index (χ3n) is 4.39. The monoisotopic (exact) mass is 362 g/mol. The van der Waals surface area contributed by atoms with E-state index in [4.69, 9.17) is 9.47 Å². The Hall–Kier alpha value is -3.54. The summed E-state index contributed by atoms with van der Waals surface area (Å²) in [4.78, 5) is 12.4. The fourth-order valence-corrected chi connectivity index (χ4v) is 2.94. The number of carbonyl (C=O) groups excluding carboxylic acids is 1. The quantitative estimate of drug-likeness (QED) is 0.554. The molecule has 0 aromatic heterocycles. The number of hydrazone groups is 1. The van der Waals surface area contributed by atoms with Gasteiger partial charge in [-0.3, -0.25) is 4.79 Å². The molecular weight excluding hydrogens is 344 g/mol. The third kappa shape index (κ3) is 3.42. The smallest absolute Gasteiger partial charge is 0.284 e. The summed E-state index contributed by atoms with van der Waals surface area (Å²) in [5.41, 5.74) is 3.52. The Balaban J connectivity index is 1.48. The number of nitrogens with zero attached hydrogens (tertiary/aromatic N) is 1. The molecule has 1 heterocycles. The Morgan fingerprint density at radius 3 is 2.48 bits per heavy atom. The molecule has 0 spiro atoms. The zero-order valence-corrected chi connectivity index (χ0v) is 14.7. The molecule has 1 aliphatic rings. The number of para-hydroxylation sites is 1. The lowest BCUT2D eigenvalue weighted by molar-refractivity contribution is -0.130. The number of phenols is 1. The molecule has 0 saturated heterocycles. The second kappa shape index (κ2) is 6.99. The first-order valence-electron chi connectivity index (χ1n) is 8.56. The number of benzene rings is 3. The van der Waals surface area contributed by atoms with Crippen LogP contribution >= 0.6 is 0 Å². The van der Waals surface area contributed by atoms with Gasteiger partial charge in [0, 0.05) is 5.56 Å². The molecule has 2 N–H and O–H groups in total. The van der Waals surface area contributed by atoms with Crippen molar-refractivity contribution in [1.29, 1.82) is 0 Å². The summed E-state index contributed by atoms with van der Waals surface area (Å²) in [6.07, 6.45) is -0.806. The van der Waals surface area contributed by atoms with Gasteiger partial charge in [-0.1, -0.05) is 36.4 Å². The van der Waals surface area contributed by atoms with Crippen LogP contribution in [0.25, 0.3) is 10.8 Å². The SMILES string of the molecule is C/C(=N\NC(=O)[C@H]1COc2cc3ccccc3cc2O1)c1ccccc1O. The van der Waals surface area contributed by atoms with Gasteiger partial charge in [0.2, 0.25) is 6.10 Å². The fourth-order valence-electron chi connectivity index (χ4n) is 2.94. The molecule has 3 aromatic rings. The van der Waals surface area contributed by atoms with Gasteiger partial charge in [-0.05, 0) is 42.0 Å². The van der Waals surface area contributed by atoms with E-state index < -0.39 is 12.0 Å². The average Bonchev–Trinajstić information content (AvgIpc) is 2.70. The molecule has 3 aromatic carbocycles. The Kier molecular flexibility index (Phi) is 4.38. The average molecular weight is 362 g/mol. The molecule has 136 valence electrons. The van der Waals surface area contributed by atoms with E-state index in [0.717, 1.165) is 10.8 Å². The normalized spacial score (nSPS) is 16.2. The topological polar surface area (TPSA) is 80.2 Å². The molecule has 4 rings (SSSR count). The second-order valence-corrected chi connectivity index (χ2v) is 6.25. The zero-order valence-electron chi connectivity index (χ0n) is 14.7. The van der Waals surface area contributed by atoms with Crippen LogP contribution < -0.4 is 14.9 Å². The van der Waals surface area contributed by atoms with Crippen LogP contribution in [0.3, 0.4) is 0 Å². The van der Waals surface area contributed by atoms with Crippen molar-refractivity contribution >= 4 is 22.4 Å². The number of rotatable bonds is 3. The maximum atomic E-state index is 12.4. The highest BCUT2D eigenvalue weighted by molar-refractivity contribution is 6.01. The zero-order chi connectivity index (χ0) is 18.8. The summed E-state index contributed by atoms with van der Waals surface area (Å²) in [5.74, 6) is 0.836. The molecule has 1 aliphatic heterocycles. The van der Waals surface area contributed by atoms with Gasteiger partial charge in [-0.2, -0.15) is 5.10 Å². The van der Waals surface area contributed by atoms with E-state index in [1.165, 1.54) is 0 Å². The molecule has 6 nitrogen and oxygen atoms in total. The molecule has 27 heavy (non-hydrogen) atoms. The van der Waals surface area contributed by atoms with Crippen molar-refractivity contribution in [1.82, 2.24) is 5.43 Å². The summed E-state index contributed by atoms with van der Waals surface area (Å²) in [6.45, 7) is 1.80. The van der Waals surface area contributed by atoms with Crippen LogP contribution in [0.5, 0.6) is 17.2 Å². The highest BCUT2D eigenvalue weighted by atomic mass is 16.6. The van der Waals surface area contributed by atoms with Crippen molar-refractivity contribution in [2.24, 2.45) is 5.10 Å². The minimum atomic E-state index is -0.806. The molecule has 1 amide bonds. The molecule has 0 aliphatic carbocycles. The summed E-state index contributed by atoms with van der Waals surface area (Å²) in [6, 6.07) is 18.4. The summed E-state index contributed by atoms with van der Waals surface area (Å²) in [5, 5.41) is 16.0. The van der Waals surface area contributed by atoms with Gasteiger partial charge in [0.1, 0.15) is 12.4 Å². The van der Waals surface area contributed by atoms with Crippen LogP contribution in [0, 0.1) is 0 Å². The van der Waals surface area contributed by atoms with Crippen molar-refractivity contribution in [3.05, 3.63) is 66.2 Å². The molecule has 1 atom stereocenters. The number of aromatic hydroxyl groups is 1. The predicted molar refractivity (Wildman–Crippen MR) is 102 cm³/mol. The lowest BCUT2D eigenvalue weighted by atomic mass is 10.1. The molecule has 0 radical (unpaired) electrons. The number of amides is 1. The lowest BCUT2D eigenvalue weighted by Gasteiger charge is -2.25. The van der Waals surface area contributed by atoms with Crippen molar-refractivity contribution in [3.8, 4) is 17.2 Å². The standard InChI is InChI=1S/C21H18N2O4/c1-13(16-8-4-5-9-17(16)24)22-23-21(25)20-12-26-18-10-14-6-2-3-7-15(14)11-19(18)27-20/h2-11,20,24H,12H2,1H3,(H,23,25)/b22-13+/t20-/m1/s1. The summed E-state index contributed by atoms with van der Waals surface area (Å²) >= 11 is 0. The second-order valence-electron chi connectivity index (χ2n) is 6.25. The number of phenolic OH excluding ortho intramolecular Hbond substituents is 1. The van der Waals surface area contributed by atoms with Crippen molar-refractivity contribution in [3.63, 3.8) is 0 Å². The van der Waals surface area contributed by atoms with E-state index >= 15 is 0 Å². The molecule has 6 heteroatoms. The number of nitrogens with one attached hydrogen (secondary N) is 1. The first-order chi connectivity index (χ1) is 13.1. The minimum absolute atomic E-state index is 0.0995. The van der Waals surface area contributed by atoms with Crippen LogP contribution in [0.1, 0.15) is 12.5 Å². The number of hydrogen-bond acceptors (Lipinski definition) is 5. The third-order valence-corrected chi connectivity index (χ3v) is 4.39. The van der Waals surface area contributed by atoms with Gasteiger partial charge < -0.3 is 14.6 Å². The van der Waals surface area contributed by atoms with Crippen molar-refractivity contribution in [2.45, 2.75) is 13.0 Å². The highest BCUT2D eigenvalue weighted by Gasteiger charge is 2.27. The molecule has 0 fully saturated rings. The Morgan fingerprint density at radius 1 is 1.07 bits per heavy atom. The Labute approximate surface area is 156 Å². The van der Waals surface area contributed by atoms with Crippen LogP contribution in [0.4, 0.5) is 0 Å². The van der Waals surface area contributed by atoms with Crippen LogP contribution in [-0.2, 0) is 4.79 Å².